The molecule has 1 saturated carbocycles. The van der Waals surface area contributed by atoms with E-state index in [4.69, 9.17) is 0 Å². The summed E-state index contributed by atoms with van der Waals surface area (Å²) in [6.07, 6.45) is 4.78. The third-order valence-electron chi connectivity index (χ3n) is 2.40. The first-order valence-corrected chi connectivity index (χ1v) is 6.22. The molecule has 0 atom stereocenters. The van der Waals surface area contributed by atoms with Crippen LogP contribution in [-0.4, -0.2) is 21.7 Å². The molecular weight excluding hydrogens is 305 g/mol. The number of aryl methyl sites for hydroxylation is 2. The molecule has 0 unspecified atom stereocenters. The highest BCUT2D eigenvalue weighted by atomic mass is 127. The van der Waals surface area contributed by atoms with Crippen LogP contribution in [0.4, 0.5) is 0 Å². The zero-order chi connectivity index (χ0) is 10.8. The Morgan fingerprint density at radius 3 is 3.00 bits per heavy atom. The van der Waals surface area contributed by atoms with Crippen LogP contribution in [-0.2, 0) is 11.3 Å². The molecule has 2 rings (SSSR count). The summed E-state index contributed by atoms with van der Waals surface area (Å²) in [5, 5.41) is 7.27. The van der Waals surface area contributed by atoms with Gasteiger partial charge in [-0.05, 0) is 42.4 Å². The maximum Gasteiger partial charge on any atom is 0.222 e. The molecule has 1 amide bonds. The van der Waals surface area contributed by atoms with Crippen LogP contribution >= 0.6 is 22.6 Å². The molecule has 0 aromatic carbocycles. The van der Waals surface area contributed by atoms with Gasteiger partial charge in [0.25, 0.3) is 0 Å². The lowest BCUT2D eigenvalue weighted by atomic mass is 10.4. The molecule has 0 radical (unpaired) electrons. The quantitative estimate of drug-likeness (QED) is 0.854. The normalized spacial score (nSPS) is 15.3. The van der Waals surface area contributed by atoms with Gasteiger partial charge >= 0.3 is 0 Å². The Morgan fingerprint density at radius 1 is 1.73 bits per heavy atom. The summed E-state index contributed by atoms with van der Waals surface area (Å²) >= 11 is 2.25. The number of hydrogen-bond acceptors (Lipinski definition) is 2. The molecule has 0 spiro atoms. The van der Waals surface area contributed by atoms with E-state index in [0.717, 1.165) is 22.1 Å². The molecule has 15 heavy (non-hydrogen) atoms. The van der Waals surface area contributed by atoms with E-state index in [2.05, 4.69) is 33.0 Å². The third kappa shape index (κ3) is 3.19. The molecule has 1 aromatic rings. The second-order valence-corrected chi connectivity index (χ2v) is 5.08. The molecule has 1 aliphatic carbocycles. The molecule has 0 saturated heterocycles. The van der Waals surface area contributed by atoms with E-state index in [1.807, 2.05) is 17.8 Å². The Balaban J connectivity index is 1.78. The second kappa shape index (κ2) is 4.51. The SMILES string of the molecule is Cc1nn(CCC(=O)NC2CC2)cc1I. The van der Waals surface area contributed by atoms with Crippen molar-refractivity contribution < 1.29 is 4.79 Å². The van der Waals surface area contributed by atoms with Crippen molar-refractivity contribution in [2.45, 2.75) is 38.8 Å². The topological polar surface area (TPSA) is 46.9 Å². The third-order valence-corrected chi connectivity index (χ3v) is 3.46. The van der Waals surface area contributed by atoms with Crippen LogP contribution in [0, 0.1) is 10.5 Å². The number of hydrogen-bond donors (Lipinski definition) is 1. The predicted molar refractivity (Wildman–Crippen MR) is 65.5 cm³/mol. The molecule has 1 aromatic heterocycles. The van der Waals surface area contributed by atoms with Crippen molar-refractivity contribution in [3.8, 4) is 0 Å². The summed E-state index contributed by atoms with van der Waals surface area (Å²) in [7, 11) is 0. The number of amides is 1. The molecule has 4 nitrogen and oxygen atoms in total. The van der Waals surface area contributed by atoms with Crippen molar-refractivity contribution >= 4 is 28.5 Å². The van der Waals surface area contributed by atoms with Crippen LogP contribution in [0.5, 0.6) is 0 Å². The number of nitrogens with zero attached hydrogens (tertiary/aromatic N) is 2. The van der Waals surface area contributed by atoms with E-state index in [1.54, 1.807) is 0 Å². The lowest BCUT2D eigenvalue weighted by molar-refractivity contribution is -0.121. The van der Waals surface area contributed by atoms with Gasteiger partial charge in [-0.2, -0.15) is 5.10 Å². The maximum absolute atomic E-state index is 11.4. The Bertz CT molecular complexity index is 351. The highest BCUT2D eigenvalue weighted by molar-refractivity contribution is 14.1. The van der Waals surface area contributed by atoms with Gasteiger partial charge in [0.1, 0.15) is 0 Å². The first kappa shape index (κ1) is 10.9. The molecule has 1 aliphatic rings. The Hall–Kier alpha value is -0.590. The summed E-state index contributed by atoms with van der Waals surface area (Å²) in [5.41, 5.74) is 1.03. The predicted octanol–water partition coefficient (Wildman–Crippen LogP) is 1.46. The van der Waals surface area contributed by atoms with Gasteiger partial charge in [0, 0.05) is 25.2 Å². The van der Waals surface area contributed by atoms with E-state index in [0.29, 0.717) is 19.0 Å². The van der Waals surface area contributed by atoms with Crippen LogP contribution in [0.3, 0.4) is 0 Å². The van der Waals surface area contributed by atoms with E-state index >= 15 is 0 Å². The number of rotatable bonds is 4. The maximum atomic E-state index is 11.4. The minimum atomic E-state index is 0.140. The number of carbonyl (C=O) groups is 1. The van der Waals surface area contributed by atoms with Gasteiger partial charge in [-0.3, -0.25) is 9.48 Å². The standard InChI is InChI=1S/C10H14IN3O/c1-7-9(11)6-14(13-7)5-4-10(15)12-8-2-3-8/h6,8H,2-5H2,1H3,(H,12,15). The molecular formula is C10H14IN3O. The van der Waals surface area contributed by atoms with Crippen molar-refractivity contribution in [1.29, 1.82) is 0 Å². The van der Waals surface area contributed by atoms with E-state index in [1.165, 1.54) is 0 Å². The molecule has 0 aliphatic heterocycles. The summed E-state index contributed by atoms with van der Waals surface area (Å²) < 4.78 is 2.99. The van der Waals surface area contributed by atoms with Gasteiger partial charge in [-0.15, -0.1) is 0 Å². The van der Waals surface area contributed by atoms with Gasteiger partial charge in [-0.1, -0.05) is 0 Å². The molecule has 1 heterocycles. The van der Waals surface area contributed by atoms with Crippen LogP contribution < -0.4 is 5.32 Å². The summed E-state index contributed by atoms with van der Waals surface area (Å²) in [6, 6.07) is 0.456. The molecule has 82 valence electrons. The minimum absolute atomic E-state index is 0.140. The Labute approximate surface area is 103 Å². The van der Waals surface area contributed by atoms with Gasteiger partial charge in [-0.25, -0.2) is 0 Å². The number of carbonyl (C=O) groups excluding carboxylic acids is 1. The van der Waals surface area contributed by atoms with E-state index < -0.39 is 0 Å². The summed E-state index contributed by atoms with van der Waals surface area (Å²) in [6.45, 7) is 2.64. The second-order valence-electron chi connectivity index (χ2n) is 3.92. The molecule has 1 fully saturated rings. The molecule has 0 bridgehead atoms. The lowest BCUT2D eigenvalue weighted by Crippen LogP contribution is -2.26. The number of nitrogens with one attached hydrogen (secondary N) is 1. The van der Waals surface area contributed by atoms with Crippen LogP contribution in [0.2, 0.25) is 0 Å². The van der Waals surface area contributed by atoms with E-state index in [-0.39, 0.29) is 5.91 Å². The largest absolute Gasteiger partial charge is 0.353 e. The number of aromatic nitrogens is 2. The average molecular weight is 319 g/mol. The average Bonchev–Trinajstić information content (AvgIpc) is 2.92. The minimum Gasteiger partial charge on any atom is -0.353 e. The fraction of sp³-hybridized carbons (Fsp3) is 0.600. The summed E-state index contributed by atoms with van der Waals surface area (Å²) in [5.74, 6) is 0.140. The zero-order valence-corrected chi connectivity index (χ0v) is 10.8. The van der Waals surface area contributed by atoms with Crippen LogP contribution in [0.15, 0.2) is 6.20 Å². The van der Waals surface area contributed by atoms with E-state index in [9.17, 15) is 4.79 Å². The summed E-state index contributed by atoms with van der Waals surface area (Å²) in [4.78, 5) is 11.4. The van der Waals surface area contributed by atoms with Crippen molar-refractivity contribution in [2.75, 3.05) is 0 Å². The fourth-order valence-electron chi connectivity index (χ4n) is 1.35. The Kier molecular flexibility index (Phi) is 3.28. The highest BCUT2D eigenvalue weighted by Gasteiger charge is 2.22. The Morgan fingerprint density at radius 2 is 2.47 bits per heavy atom. The zero-order valence-electron chi connectivity index (χ0n) is 8.66. The molecule has 1 N–H and O–H groups in total. The lowest BCUT2D eigenvalue weighted by Gasteiger charge is -2.02. The van der Waals surface area contributed by atoms with Crippen LogP contribution in [0.1, 0.15) is 25.0 Å². The van der Waals surface area contributed by atoms with Crippen molar-refractivity contribution in [3.05, 3.63) is 15.5 Å². The van der Waals surface area contributed by atoms with Gasteiger partial charge in [0.15, 0.2) is 0 Å². The first-order chi connectivity index (χ1) is 7.15. The fourth-order valence-corrected chi connectivity index (χ4v) is 1.78. The first-order valence-electron chi connectivity index (χ1n) is 5.14. The number of halogens is 1. The van der Waals surface area contributed by atoms with Gasteiger partial charge in [0.05, 0.1) is 9.26 Å². The van der Waals surface area contributed by atoms with Crippen molar-refractivity contribution in [3.63, 3.8) is 0 Å². The van der Waals surface area contributed by atoms with Crippen molar-refractivity contribution in [1.82, 2.24) is 15.1 Å². The van der Waals surface area contributed by atoms with Crippen LogP contribution in [0.25, 0.3) is 0 Å². The van der Waals surface area contributed by atoms with Crippen molar-refractivity contribution in [2.24, 2.45) is 0 Å². The van der Waals surface area contributed by atoms with Gasteiger partial charge < -0.3 is 5.32 Å². The smallest absolute Gasteiger partial charge is 0.222 e. The molecule has 5 heteroatoms. The monoisotopic (exact) mass is 319 g/mol. The highest BCUT2D eigenvalue weighted by Crippen LogP contribution is 2.18. The van der Waals surface area contributed by atoms with Gasteiger partial charge in [0.2, 0.25) is 5.91 Å².